The van der Waals surface area contributed by atoms with Crippen molar-refractivity contribution in [2.24, 2.45) is 5.41 Å². The van der Waals surface area contributed by atoms with E-state index in [1.807, 2.05) is 20.8 Å². The lowest BCUT2D eigenvalue weighted by atomic mass is 9.94. The summed E-state index contributed by atoms with van der Waals surface area (Å²) < 4.78 is 26.2. The van der Waals surface area contributed by atoms with Gasteiger partial charge in [-0.3, -0.25) is 9.10 Å². The number of nitrogens with one attached hydrogen (secondary N) is 1. The van der Waals surface area contributed by atoms with E-state index in [0.29, 0.717) is 17.8 Å². The molecule has 0 saturated heterocycles. The summed E-state index contributed by atoms with van der Waals surface area (Å²) in [5.74, 6) is -0.263. The SMILES string of the molecule is CC(C)(C)CCS(=O)(=O)N1CC(=O)Nc2ccccc21. The van der Waals surface area contributed by atoms with Crippen molar-refractivity contribution in [3.8, 4) is 0 Å². The van der Waals surface area contributed by atoms with Gasteiger partial charge in [-0.05, 0) is 24.0 Å². The highest BCUT2D eigenvalue weighted by molar-refractivity contribution is 7.92. The summed E-state index contributed by atoms with van der Waals surface area (Å²) in [6, 6.07) is 6.95. The molecule has 0 aromatic heterocycles. The molecule has 1 aromatic rings. The number of carbonyl (C=O) groups excluding carboxylic acids is 1. The zero-order valence-corrected chi connectivity index (χ0v) is 12.8. The number of rotatable bonds is 3. The van der Waals surface area contributed by atoms with Gasteiger partial charge in [0.15, 0.2) is 0 Å². The monoisotopic (exact) mass is 296 g/mol. The Kier molecular flexibility index (Phi) is 3.77. The van der Waals surface area contributed by atoms with Crippen LogP contribution in [0.3, 0.4) is 0 Å². The fraction of sp³-hybridized carbons (Fsp3) is 0.500. The van der Waals surface area contributed by atoms with Gasteiger partial charge in [0.05, 0.1) is 17.1 Å². The second kappa shape index (κ2) is 5.09. The quantitative estimate of drug-likeness (QED) is 0.930. The third kappa shape index (κ3) is 3.30. The lowest BCUT2D eigenvalue weighted by Crippen LogP contribution is -2.43. The van der Waals surface area contributed by atoms with E-state index in [0.717, 1.165) is 0 Å². The van der Waals surface area contributed by atoms with E-state index in [1.165, 1.54) is 4.31 Å². The zero-order chi connectivity index (χ0) is 15.0. The maximum atomic E-state index is 12.5. The summed E-state index contributed by atoms with van der Waals surface area (Å²) in [4.78, 5) is 11.7. The second-order valence-electron chi connectivity index (χ2n) is 6.20. The molecule has 0 spiro atoms. The van der Waals surface area contributed by atoms with Crippen LogP contribution >= 0.6 is 0 Å². The van der Waals surface area contributed by atoms with Crippen LogP contribution < -0.4 is 9.62 Å². The van der Waals surface area contributed by atoms with Crippen LogP contribution in [-0.2, 0) is 14.8 Å². The molecule has 6 heteroatoms. The molecule has 1 heterocycles. The van der Waals surface area contributed by atoms with Gasteiger partial charge in [-0.1, -0.05) is 32.9 Å². The molecule has 0 aliphatic carbocycles. The maximum absolute atomic E-state index is 12.5. The van der Waals surface area contributed by atoms with Crippen LogP contribution in [0, 0.1) is 5.41 Å². The van der Waals surface area contributed by atoms with Crippen molar-refractivity contribution >= 4 is 27.3 Å². The molecule has 1 aliphatic rings. The van der Waals surface area contributed by atoms with Gasteiger partial charge in [0.2, 0.25) is 15.9 Å². The molecule has 20 heavy (non-hydrogen) atoms. The van der Waals surface area contributed by atoms with E-state index in [2.05, 4.69) is 5.32 Å². The van der Waals surface area contributed by atoms with Crippen molar-refractivity contribution in [1.29, 1.82) is 0 Å². The summed E-state index contributed by atoms with van der Waals surface area (Å²) in [5, 5.41) is 2.69. The first kappa shape index (κ1) is 14.8. The van der Waals surface area contributed by atoms with E-state index >= 15 is 0 Å². The summed E-state index contributed by atoms with van der Waals surface area (Å²) in [6.45, 7) is 5.85. The van der Waals surface area contributed by atoms with Crippen molar-refractivity contribution < 1.29 is 13.2 Å². The normalized spacial score (nSPS) is 15.8. The summed E-state index contributed by atoms with van der Waals surface area (Å²) in [5.41, 5.74) is 1.02. The summed E-state index contributed by atoms with van der Waals surface area (Å²) in [6.07, 6.45) is 0.551. The molecule has 2 rings (SSSR count). The molecular weight excluding hydrogens is 276 g/mol. The summed E-state index contributed by atoms with van der Waals surface area (Å²) in [7, 11) is -3.49. The highest BCUT2D eigenvalue weighted by Crippen LogP contribution is 2.32. The molecule has 0 bridgehead atoms. The van der Waals surface area contributed by atoms with Crippen molar-refractivity contribution in [2.75, 3.05) is 21.9 Å². The van der Waals surface area contributed by atoms with Crippen molar-refractivity contribution in [3.63, 3.8) is 0 Å². The third-order valence-electron chi connectivity index (χ3n) is 3.18. The third-order valence-corrected chi connectivity index (χ3v) is 4.90. The number of amides is 1. The standard InChI is InChI=1S/C14H20N2O3S/c1-14(2,3)8-9-20(18,19)16-10-13(17)15-11-6-4-5-7-12(11)16/h4-7H,8-10H2,1-3H3,(H,15,17). The number of benzene rings is 1. The van der Waals surface area contributed by atoms with E-state index < -0.39 is 10.0 Å². The van der Waals surface area contributed by atoms with Gasteiger partial charge in [-0.25, -0.2) is 8.42 Å². The molecule has 1 aromatic carbocycles. The van der Waals surface area contributed by atoms with E-state index in [1.54, 1.807) is 24.3 Å². The van der Waals surface area contributed by atoms with Crippen LogP contribution in [0.5, 0.6) is 0 Å². The first-order valence-corrected chi connectivity index (χ1v) is 8.19. The molecule has 110 valence electrons. The minimum Gasteiger partial charge on any atom is -0.323 e. The van der Waals surface area contributed by atoms with Gasteiger partial charge in [0.1, 0.15) is 6.54 Å². The largest absolute Gasteiger partial charge is 0.323 e. The van der Waals surface area contributed by atoms with Crippen LogP contribution in [0.15, 0.2) is 24.3 Å². The number of hydrogen-bond donors (Lipinski definition) is 1. The molecule has 0 saturated carbocycles. The molecule has 0 fully saturated rings. The van der Waals surface area contributed by atoms with Gasteiger partial charge in [0, 0.05) is 0 Å². The van der Waals surface area contributed by atoms with Gasteiger partial charge < -0.3 is 5.32 Å². The fourth-order valence-corrected chi connectivity index (χ4v) is 3.86. The molecule has 0 atom stereocenters. The molecule has 0 radical (unpaired) electrons. The Morgan fingerprint density at radius 3 is 2.55 bits per heavy atom. The van der Waals surface area contributed by atoms with Crippen molar-refractivity contribution in [1.82, 2.24) is 0 Å². The minimum absolute atomic E-state index is 0.0398. The Labute approximate surface area is 120 Å². The molecular formula is C14H20N2O3S. The van der Waals surface area contributed by atoms with Gasteiger partial charge >= 0.3 is 0 Å². The Morgan fingerprint density at radius 2 is 1.90 bits per heavy atom. The van der Waals surface area contributed by atoms with Crippen LogP contribution in [0.25, 0.3) is 0 Å². The van der Waals surface area contributed by atoms with E-state index in [9.17, 15) is 13.2 Å². The number of sulfonamides is 1. The predicted molar refractivity (Wildman–Crippen MR) is 80.3 cm³/mol. The molecule has 1 amide bonds. The number of anilines is 2. The van der Waals surface area contributed by atoms with Gasteiger partial charge in [-0.2, -0.15) is 0 Å². The number of para-hydroxylation sites is 2. The Bertz CT molecular complexity index is 618. The second-order valence-corrected chi connectivity index (χ2v) is 8.21. The lowest BCUT2D eigenvalue weighted by molar-refractivity contribution is -0.115. The van der Waals surface area contributed by atoms with Crippen LogP contribution in [-0.4, -0.2) is 26.6 Å². The van der Waals surface area contributed by atoms with Crippen LogP contribution in [0.2, 0.25) is 0 Å². The first-order valence-electron chi connectivity index (χ1n) is 6.58. The maximum Gasteiger partial charge on any atom is 0.245 e. The number of nitrogens with zero attached hydrogens (tertiary/aromatic N) is 1. The van der Waals surface area contributed by atoms with Gasteiger partial charge in [-0.15, -0.1) is 0 Å². The lowest BCUT2D eigenvalue weighted by Gasteiger charge is -2.31. The predicted octanol–water partition coefficient (Wildman–Crippen LogP) is 2.21. The average molecular weight is 296 g/mol. The number of carbonyl (C=O) groups is 1. The average Bonchev–Trinajstić information content (AvgIpc) is 2.35. The van der Waals surface area contributed by atoms with E-state index in [-0.39, 0.29) is 23.6 Å². The number of fused-ring (bicyclic) bond motifs is 1. The highest BCUT2D eigenvalue weighted by Gasteiger charge is 2.31. The van der Waals surface area contributed by atoms with Crippen molar-refractivity contribution in [3.05, 3.63) is 24.3 Å². The zero-order valence-electron chi connectivity index (χ0n) is 12.0. The molecule has 0 unspecified atom stereocenters. The minimum atomic E-state index is -3.49. The number of hydrogen-bond acceptors (Lipinski definition) is 3. The Hall–Kier alpha value is -1.56. The van der Waals surface area contributed by atoms with Gasteiger partial charge in [0.25, 0.3) is 0 Å². The molecule has 1 N–H and O–H groups in total. The fourth-order valence-electron chi connectivity index (χ4n) is 2.00. The summed E-state index contributed by atoms with van der Waals surface area (Å²) >= 11 is 0. The smallest absolute Gasteiger partial charge is 0.245 e. The Balaban J connectivity index is 2.30. The molecule has 1 aliphatic heterocycles. The first-order chi connectivity index (χ1) is 9.19. The Morgan fingerprint density at radius 1 is 1.25 bits per heavy atom. The molecule has 5 nitrogen and oxygen atoms in total. The topological polar surface area (TPSA) is 66.5 Å². The van der Waals surface area contributed by atoms with Crippen LogP contribution in [0.4, 0.5) is 11.4 Å². The van der Waals surface area contributed by atoms with E-state index in [4.69, 9.17) is 0 Å². The van der Waals surface area contributed by atoms with Crippen molar-refractivity contribution in [2.45, 2.75) is 27.2 Å². The highest BCUT2D eigenvalue weighted by atomic mass is 32.2. The van der Waals surface area contributed by atoms with Crippen LogP contribution in [0.1, 0.15) is 27.2 Å².